The number of carbonyl (C=O) groups is 2. The largest absolute Gasteiger partial charge is 0.378 e. The van der Waals surface area contributed by atoms with Crippen LogP contribution in [0.5, 0.6) is 0 Å². The number of ether oxygens (including phenoxy) is 1. The molecule has 1 aliphatic carbocycles. The summed E-state index contributed by atoms with van der Waals surface area (Å²) in [5.41, 5.74) is 3.49. The van der Waals surface area contributed by atoms with Crippen LogP contribution in [0.15, 0.2) is 43.0 Å². The van der Waals surface area contributed by atoms with Crippen LogP contribution in [0.4, 0.5) is 15.0 Å². The maximum atomic E-state index is 15.7. The minimum atomic E-state index is -0.684. The predicted molar refractivity (Wildman–Crippen MR) is 154 cm³/mol. The fourth-order valence-electron chi connectivity index (χ4n) is 5.73. The Bertz CT molecular complexity index is 1700. The number of hydrogen-bond donors (Lipinski definition) is 1. The van der Waals surface area contributed by atoms with Crippen molar-refractivity contribution in [3.05, 3.63) is 71.3 Å². The summed E-state index contributed by atoms with van der Waals surface area (Å²) in [5.74, 6) is -0.142. The van der Waals surface area contributed by atoms with Crippen LogP contribution < -0.4 is 5.32 Å². The van der Waals surface area contributed by atoms with Gasteiger partial charge < -0.3 is 29.0 Å². The van der Waals surface area contributed by atoms with Crippen LogP contribution in [0.3, 0.4) is 0 Å². The molecule has 5 heterocycles. The third-order valence-electron chi connectivity index (χ3n) is 8.14. The molecule has 43 heavy (non-hydrogen) atoms. The van der Waals surface area contributed by atoms with Crippen molar-refractivity contribution in [1.82, 2.24) is 39.1 Å². The quantitative estimate of drug-likeness (QED) is 0.373. The zero-order valence-corrected chi connectivity index (χ0v) is 24.0. The summed E-state index contributed by atoms with van der Waals surface area (Å²) in [6.07, 6.45) is 5.45. The van der Waals surface area contributed by atoms with Gasteiger partial charge in [-0.05, 0) is 56.5 Å². The van der Waals surface area contributed by atoms with Gasteiger partial charge in [0.15, 0.2) is 5.82 Å². The van der Waals surface area contributed by atoms with Crippen LogP contribution in [-0.2, 0) is 17.8 Å². The van der Waals surface area contributed by atoms with Gasteiger partial charge in [-0.25, -0.2) is 19.2 Å². The number of hydrogen-bond acceptors (Lipinski definition) is 7. The number of rotatable bonds is 5. The molecule has 0 bridgehead atoms. The van der Waals surface area contributed by atoms with E-state index in [0.29, 0.717) is 61.5 Å². The van der Waals surface area contributed by atoms with E-state index in [1.807, 2.05) is 23.0 Å². The fourth-order valence-corrected chi connectivity index (χ4v) is 5.73. The molecule has 3 aromatic heterocycles. The Hall–Kier alpha value is -4.65. The van der Waals surface area contributed by atoms with Crippen LogP contribution in [0.1, 0.15) is 66.0 Å². The van der Waals surface area contributed by atoms with Gasteiger partial charge in [0.2, 0.25) is 0 Å². The predicted octanol–water partition coefficient (Wildman–Crippen LogP) is 4.14. The molecule has 12 nitrogen and oxygen atoms in total. The number of imidazole rings is 1. The summed E-state index contributed by atoms with van der Waals surface area (Å²) in [7, 11) is 0. The van der Waals surface area contributed by atoms with Crippen LogP contribution in [0, 0.1) is 5.82 Å². The number of amides is 3. The lowest BCUT2D eigenvalue weighted by molar-refractivity contribution is 0.0419. The van der Waals surface area contributed by atoms with Crippen LogP contribution in [0.2, 0.25) is 0 Å². The Morgan fingerprint density at radius 2 is 1.88 bits per heavy atom. The molecule has 7 rings (SSSR count). The highest BCUT2D eigenvalue weighted by molar-refractivity contribution is 6.04. The summed E-state index contributed by atoms with van der Waals surface area (Å²) < 4.78 is 24.9. The standard InChI is InChI=1S/C30H32FN9O3/c1-18(2)39-17-33-36-28(39)23-4-3-5-26(34-23)35-29(41)21-13-24-20(12-22(21)31)14-38(30(42)37-8-10-43-11-9-37)15-25-27(19-6-7-19)32-16-40(24)25/h3-5,12-13,16-19H,6-11,14-15H2,1-2H3,(H,34,35,41). The number of aromatic nitrogens is 6. The van der Waals surface area contributed by atoms with E-state index in [1.165, 1.54) is 6.07 Å². The summed E-state index contributed by atoms with van der Waals surface area (Å²) in [6.45, 7) is 6.57. The summed E-state index contributed by atoms with van der Waals surface area (Å²) in [4.78, 5) is 39.8. The smallest absolute Gasteiger partial charge is 0.320 e. The van der Waals surface area contributed by atoms with E-state index in [0.717, 1.165) is 24.2 Å². The molecule has 3 aliphatic rings. The number of carbonyl (C=O) groups excluding carboxylic acids is 2. The third-order valence-corrected chi connectivity index (χ3v) is 8.14. The van der Waals surface area contributed by atoms with Crippen molar-refractivity contribution in [3.63, 3.8) is 0 Å². The monoisotopic (exact) mass is 585 g/mol. The number of halogens is 1. The van der Waals surface area contributed by atoms with Crippen molar-refractivity contribution in [2.75, 3.05) is 31.6 Å². The molecule has 0 spiro atoms. The van der Waals surface area contributed by atoms with Crippen molar-refractivity contribution < 1.29 is 18.7 Å². The summed E-state index contributed by atoms with van der Waals surface area (Å²) in [5, 5.41) is 10.9. The maximum Gasteiger partial charge on any atom is 0.320 e. The summed E-state index contributed by atoms with van der Waals surface area (Å²) >= 11 is 0. The molecule has 0 atom stereocenters. The number of nitrogens with zero attached hydrogens (tertiary/aromatic N) is 8. The topological polar surface area (TPSA) is 123 Å². The maximum absolute atomic E-state index is 15.7. The highest BCUT2D eigenvalue weighted by Crippen LogP contribution is 2.42. The van der Waals surface area contributed by atoms with Crippen LogP contribution in [0.25, 0.3) is 17.2 Å². The number of nitrogens with one attached hydrogen (secondary N) is 1. The molecule has 1 N–H and O–H groups in total. The molecule has 222 valence electrons. The molecular formula is C30H32FN9O3. The number of anilines is 1. The second-order valence-corrected chi connectivity index (χ2v) is 11.4. The molecule has 3 amide bonds. The van der Waals surface area contributed by atoms with Crippen molar-refractivity contribution in [1.29, 1.82) is 0 Å². The average Bonchev–Trinajstić information content (AvgIpc) is 3.61. The number of pyridine rings is 1. The number of urea groups is 1. The van der Waals surface area contributed by atoms with Crippen molar-refractivity contribution in [3.8, 4) is 17.2 Å². The van der Waals surface area contributed by atoms with Crippen LogP contribution >= 0.6 is 0 Å². The molecule has 1 aromatic carbocycles. The first-order valence-corrected chi connectivity index (χ1v) is 14.6. The molecule has 0 unspecified atom stereocenters. The van der Waals surface area contributed by atoms with Gasteiger partial charge in [-0.15, -0.1) is 10.2 Å². The van der Waals surface area contributed by atoms with Crippen molar-refractivity contribution in [2.24, 2.45) is 0 Å². The Morgan fingerprint density at radius 1 is 1.07 bits per heavy atom. The van der Waals surface area contributed by atoms with Gasteiger partial charge in [0.25, 0.3) is 5.91 Å². The second-order valence-electron chi connectivity index (χ2n) is 11.4. The third kappa shape index (κ3) is 5.13. The first kappa shape index (κ1) is 27.2. The van der Waals surface area contributed by atoms with Crippen LogP contribution in [-0.4, -0.2) is 77.3 Å². The molecule has 2 fully saturated rings. The lowest BCUT2D eigenvalue weighted by atomic mass is 10.1. The lowest BCUT2D eigenvalue weighted by Gasteiger charge is -2.32. The first-order chi connectivity index (χ1) is 20.9. The fraction of sp³-hybridized carbons (Fsp3) is 0.400. The van der Waals surface area contributed by atoms with E-state index in [4.69, 9.17) is 9.72 Å². The van der Waals surface area contributed by atoms with E-state index in [9.17, 15) is 9.59 Å². The van der Waals surface area contributed by atoms with E-state index in [2.05, 4.69) is 20.5 Å². The Balaban J connectivity index is 1.21. The van der Waals surface area contributed by atoms with Gasteiger partial charge in [0, 0.05) is 25.0 Å². The van der Waals surface area contributed by atoms with Gasteiger partial charge in [-0.2, -0.15) is 0 Å². The Kier molecular flexibility index (Phi) is 6.88. The Morgan fingerprint density at radius 3 is 2.65 bits per heavy atom. The van der Waals surface area contributed by atoms with Gasteiger partial charge in [-0.3, -0.25) is 4.79 Å². The van der Waals surface area contributed by atoms with Gasteiger partial charge in [-0.1, -0.05) is 6.07 Å². The zero-order valence-electron chi connectivity index (χ0n) is 24.0. The zero-order chi connectivity index (χ0) is 29.7. The van der Waals surface area contributed by atoms with E-state index in [1.54, 1.807) is 46.7 Å². The summed E-state index contributed by atoms with van der Waals surface area (Å²) in [6, 6.07) is 8.07. The SMILES string of the molecule is CC(C)n1cnnc1-c1cccc(NC(=O)c2cc3c(cc2F)CN(C(=O)N2CCOCC2)Cc2c(C4CC4)ncn2-3)n1. The second kappa shape index (κ2) is 10.9. The lowest BCUT2D eigenvalue weighted by Crippen LogP contribution is -2.47. The van der Waals surface area contributed by atoms with Crippen molar-refractivity contribution >= 4 is 17.8 Å². The molecule has 13 heteroatoms. The Labute approximate surface area is 247 Å². The van der Waals surface area contributed by atoms with Gasteiger partial charge in [0.1, 0.15) is 23.7 Å². The molecular weight excluding hydrogens is 553 g/mol. The minimum Gasteiger partial charge on any atom is -0.378 e. The minimum absolute atomic E-state index is 0.118. The molecule has 0 radical (unpaired) electrons. The van der Waals surface area contributed by atoms with Gasteiger partial charge >= 0.3 is 6.03 Å². The molecule has 1 saturated carbocycles. The number of morpholine rings is 1. The highest BCUT2D eigenvalue weighted by Gasteiger charge is 2.35. The normalized spacial score (nSPS) is 16.6. The molecule has 1 saturated heterocycles. The molecule has 2 aliphatic heterocycles. The van der Waals surface area contributed by atoms with Crippen molar-refractivity contribution in [2.45, 2.75) is 51.7 Å². The number of benzene rings is 1. The highest BCUT2D eigenvalue weighted by atomic mass is 19.1. The number of fused-ring (bicyclic) bond motifs is 3. The first-order valence-electron chi connectivity index (χ1n) is 14.6. The van der Waals surface area contributed by atoms with E-state index in [-0.39, 0.29) is 30.0 Å². The van der Waals surface area contributed by atoms with E-state index < -0.39 is 11.7 Å². The van der Waals surface area contributed by atoms with E-state index >= 15 is 4.39 Å². The van der Waals surface area contributed by atoms with Gasteiger partial charge in [0.05, 0.1) is 55.3 Å². The average molecular weight is 586 g/mol. The molecule has 4 aromatic rings.